The van der Waals surface area contributed by atoms with Crippen LogP contribution < -0.4 is 4.90 Å². The van der Waals surface area contributed by atoms with E-state index in [1.54, 1.807) is 6.08 Å². The van der Waals surface area contributed by atoms with Gasteiger partial charge in [0.1, 0.15) is 5.82 Å². The molecule has 1 saturated heterocycles. The molecule has 3 heterocycles. The van der Waals surface area contributed by atoms with Gasteiger partial charge in [0.25, 0.3) is 0 Å². The molecule has 5 heteroatoms. The van der Waals surface area contributed by atoms with Gasteiger partial charge in [0.05, 0.1) is 29.8 Å². The summed E-state index contributed by atoms with van der Waals surface area (Å²) in [6, 6.07) is 2.05. The first-order valence-electron chi connectivity index (χ1n) is 8.02. The number of fused-ring (bicyclic) bond motifs is 1. The third-order valence-electron chi connectivity index (χ3n) is 4.73. The number of hydrogen-bond donors (Lipinski definition) is 0. The second-order valence-electron chi connectivity index (χ2n) is 6.28. The Morgan fingerprint density at radius 2 is 2.18 bits per heavy atom. The van der Waals surface area contributed by atoms with Crippen LogP contribution >= 0.6 is 0 Å². The molecular weight excluding hydrogens is 274 g/mol. The molecule has 5 nitrogen and oxygen atoms in total. The van der Waals surface area contributed by atoms with Crippen LogP contribution in [-0.2, 0) is 13.0 Å². The Morgan fingerprint density at radius 3 is 2.86 bits per heavy atom. The monoisotopic (exact) mass is 295 g/mol. The van der Waals surface area contributed by atoms with Gasteiger partial charge in [-0.25, -0.2) is 4.98 Å². The zero-order chi connectivity index (χ0) is 15.1. The summed E-state index contributed by atoms with van der Waals surface area (Å²) in [4.78, 5) is 11.7. The fraction of sp³-hybridized carbons (Fsp3) is 0.471. The number of hydrogen-bond acceptors (Lipinski definition) is 4. The maximum atomic E-state index is 4.76. The fourth-order valence-electron chi connectivity index (χ4n) is 3.28. The number of piperidine rings is 1. The van der Waals surface area contributed by atoms with Crippen molar-refractivity contribution in [2.45, 2.75) is 26.3 Å². The van der Waals surface area contributed by atoms with E-state index < -0.39 is 0 Å². The molecule has 2 fully saturated rings. The third kappa shape index (κ3) is 2.40. The van der Waals surface area contributed by atoms with Crippen molar-refractivity contribution in [3.63, 3.8) is 0 Å². The van der Waals surface area contributed by atoms with E-state index in [0.717, 1.165) is 54.2 Å². The summed E-state index contributed by atoms with van der Waals surface area (Å²) in [6.45, 7) is 8.91. The molecule has 1 aliphatic heterocycles. The lowest BCUT2D eigenvalue weighted by molar-refractivity contribution is 0.656. The second kappa shape index (κ2) is 5.23. The number of rotatable bonds is 5. The van der Waals surface area contributed by atoms with Crippen LogP contribution in [0.1, 0.15) is 30.4 Å². The topological polar surface area (TPSA) is 46.8 Å². The van der Waals surface area contributed by atoms with Gasteiger partial charge in [-0.1, -0.05) is 13.5 Å². The molecule has 2 aromatic heterocycles. The highest BCUT2D eigenvalue weighted by atomic mass is 15.3. The first kappa shape index (κ1) is 13.5. The highest BCUT2D eigenvalue weighted by Gasteiger charge is 2.45. The summed E-state index contributed by atoms with van der Waals surface area (Å²) in [6.07, 6.45) is 8.04. The highest BCUT2D eigenvalue weighted by Crippen LogP contribution is 2.45. The van der Waals surface area contributed by atoms with Crippen molar-refractivity contribution in [1.82, 2.24) is 19.7 Å². The Bertz CT molecular complexity index is 695. The predicted molar refractivity (Wildman–Crippen MR) is 86.6 cm³/mol. The van der Waals surface area contributed by atoms with Crippen molar-refractivity contribution < 1.29 is 0 Å². The molecule has 1 saturated carbocycles. The molecule has 1 aliphatic carbocycles. The summed E-state index contributed by atoms with van der Waals surface area (Å²) in [7, 11) is 0. The van der Waals surface area contributed by atoms with Gasteiger partial charge < -0.3 is 4.90 Å². The Hall–Kier alpha value is -2.17. The Morgan fingerprint density at radius 1 is 1.36 bits per heavy atom. The van der Waals surface area contributed by atoms with Gasteiger partial charge in [-0.15, -0.1) is 0 Å². The van der Waals surface area contributed by atoms with Crippen molar-refractivity contribution in [3.05, 3.63) is 42.1 Å². The Balaban J connectivity index is 1.55. The fourth-order valence-corrected chi connectivity index (χ4v) is 3.28. The number of anilines is 1. The maximum Gasteiger partial charge on any atom is 0.147 e. The van der Waals surface area contributed by atoms with E-state index in [1.165, 1.54) is 6.42 Å². The van der Waals surface area contributed by atoms with Crippen LogP contribution in [0, 0.1) is 11.8 Å². The SMILES string of the molecule is C=Cc1nc(N2CC3CC3C2)cnc1Cn1ccc(CC)n1. The number of aromatic nitrogens is 4. The molecule has 2 unspecified atom stereocenters. The molecule has 2 aromatic rings. The molecule has 0 N–H and O–H groups in total. The van der Waals surface area contributed by atoms with Crippen LogP contribution in [0.15, 0.2) is 25.0 Å². The van der Waals surface area contributed by atoms with Crippen molar-refractivity contribution >= 4 is 11.9 Å². The molecule has 2 atom stereocenters. The average molecular weight is 295 g/mol. The minimum Gasteiger partial charge on any atom is -0.355 e. The van der Waals surface area contributed by atoms with Gasteiger partial charge in [-0.05, 0) is 36.8 Å². The van der Waals surface area contributed by atoms with Gasteiger partial charge in [0.2, 0.25) is 0 Å². The molecule has 0 aromatic carbocycles. The molecule has 114 valence electrons. The first-order valence-corrected chi connectivity index (χ1v) is 8.02. The van der Waals surface area contributed by atoms with Gasteiger partial charge >= 0.3 is 0 Å². The summed E-state index contributed by atoms with van der Waals surface area (Å²) < 4.78 is 1.92. The quantitative estimate of drug-likeness (QED) is 0.849. The minimum atomic E-state index is 0.639. The zero-order valence-corrected chi connectivity index (χ0v) is 12.9. The third-order valence-corrected chi connectivity index (χ3v) is 4.73. The van der Waals surface area contributed by atoms with Crippen molar-refractivity contribution in [3.8, 4) is 0 Å². The van der Waals surface area contributed by atoms with Gasteiger partial charge in [0, 0.05) is 19.3 Å². The lowest BCUT2D eigenvalue weighted by atomic mass is 10.3. The van der Waals surface area contributed by atoms with Crippen LogP contribution in [0.25, 0.3) is 6.08 Å². The zero-order valence-electron chi connectivity index (χ0n) is 12.9. The van der Waals surface area contributed by atoms with E-state index in [-0.39, 0.29) is 0 Å². The molecule has 2 aliphatic rings. The Labute approximate surface area is 130 Å². The first-order chi connectivity index (χ1) is 10.8. The molecule has 0 radical (unpaired) electrons. The predicted octanol–water partition coefficient (Wildman–Crippen LogP) is 2.38. The standard InChI is InChI=1S/C17H21N5/c1-3-14-5-6-22(20-14)11-16-15(4-2)19-17(8-18-16)21-9-12-7-13(12)10-21/h4-6,8,12-13H,2-3,7,9-11H2,1H3. The van der Waals surface area contributed by atoms with Gasteiger partial charge in [-0.2, -0.15) is 5.10 Å². The van der Waals surface area contributed by atoms with Crippen LogP contribution in [0.5, 0.6) is 0 Å². The van der Waals surface area contributed by atoms with Crippen LogP contribution in [-0.4, -0.2) is 32.8 Å². The Kier molecular flexibility index (Phi) is 3.21. The average Bonchev–Trinajstić information content (AvgIpc) is 2.97. The lowest BCUT2D eigenvalue weighted by Gasteiger charge is -2.19. The second-order valence-corrected chi connectivity index (χ2v) is 6.28. The van der Waals surface area contributed by atoms with Gasteiger partial charge in [-0.3, -0.25) is 9.67 Å². The summed E-state index contributed by atoms with van der Waals surface area (Å²) in [5.41, 5.74) is 2.89. The normalized spacial score (nSPS) is 22.7. The molecule has 0 bridgehead atoms. The van der Waals surface area contributed by atoms with E-state index in [9.17, 15) is 0 Å². The largest absolute Gasteiger partial charge is 0.355 e. The van der Waals surface area contributed by atoms with E-state index >= 15 is 0 Å². The number of aryl methyl sites for hydroxylation is 1. The molecule has 22 heavy (non-hydrogen) atoms. The van der Waals surface area contributed by atoms with Crippen LogP contribution in [0.3, 0.4) is 0 Å². The van der Waals surface area contributed by atoms with Crippen molar-refractivity contribution in [2.24, 2.45) is 11.8 Å². The molecule has 0 amide bonds. The summed E-state index contributed by atoms with van der Waals surface area (Å²) >= 11 is 0. The number of nitrogens with zero attached hydrogens (tertiary/aromatic N) is 5. The molecular formula is C17H21N5. The van der Waals surface area contributed by atoms with Crippen LogP contribution in [0.2, 0.25) is 0 Å². The van der Waals surface area contributed by atoms with E-state index in [0.29, 0.717) is 6.54 Å². The minimum absolute atomic E-state index is 0.639. The van der Waals surface area contributed by atoms with E-state index in [4.69, 9.17) is 4.98 Å². The van der Waals surface area contributed by atoms with E-state index in [2.05, 4.69) is 28.5 Å². The molecule has 0 spiro atoms. The van der Waals surface area contributed by atoms with Gasteiger partial charge in [0.15, 0.2) is 0 Å². The van der Waals surface area contributed by atoms with Crippen molar-refractivity contribution in [1.29, 1.82) is 0 Å². The summed E-state index contributed by atoms with van der Waals surface area (Å²) in [5.74, 6) is 2.77. The molecule has 4 rings (SSSR count). The van der Waals surface area contributed by atoms with Crippen molar-refractivity contribution in [2.75, 3.05) is 18.0 Å². The smallest absolute Gasteiger partial charge is 0.147 e. The van der Waals surface area contributed by atoms with E-state index in [1.807, 2.05) is 23.1 Å². The summed E-state index contributed by atoms with van der Waals surface area (Å²) in [5, 5.41) is 4.52. The van der Waals surface area contributed by atoms with Crippen LogP contribution in [0.4, 0.5) is 5.82 Å². The maximum absolute atomic E-state index is 4.76. The lowest BCUT2D eigenvalue weighted by Crippen LogP contribution is -2.23. The highest BCUT2D eigenvalue weighted by molar-refractivity contribution is 5.50.